The van der Waals surface area contributed by atoms with Crippen LogP contribution in [0.15, 0.2) is 12.4 Å². The molecule has 0 radical (unpaired) electrons. The van der Waals surface area contributed by atoms with E-state index in [1.807, 2.05) is 14.7 Å². The van der Waals surface area contributed by atoms with Crippen molar-refractivity contribution in [3.63, 3.8) is 0 Å². The van der Waals surface area contributed by atoms with Crippen molar-refractivity contribution >= 4 is 17.9 Å². The second-order valence-electron chi connectivity index (χ2n) is 9.51. The summed E-state index contributed by atoms with van der Waals surface area (Å²) in [5.41, 5.74) is 0. The number of nitrogens with zero attached hydrogens (tertiary/aromatic N) is 5. The molecular weight excluding hydrogens is 443 g/mol. The van der Waals surface area contributed by atoms with Crippen molar-refractivity contribution < 1.29 is 23.5 Å². The van der Waals surface area contributed by atoms with E-state index in [-0.39, 0.29) is 36.2 Å². The highest BCUT2D eigenvalue weighted by Gasteiger charge is 2.42. The van der Waals surface area contributed by atoms with Crippen LogP contribution < -0.4 is 10.2 Å². The van der Waals surface area contributed by atoms with E-state index in [4.69, 9.17) is 9.47 Å². The lowest BCUT2D eigenvalue weighted by Crippen LogP contribution is -2.56. The number of nitrogens with one attached hydrogen (secondary N) is 1. The van der Waals surface area contributed by atoms with Crippen LogP contribution in [-0.2, 0) is 14.3 Å². The molecule has 0 spiro atoms. The van der Waals surface area contributed by atoms with Crippen molar-refractivity contribution in [2.45, 2.75) is 62.8 Å². The Bertz CT molecular complexity index is 856. The van der Waals surface area contributed by atoms with E-state index in [2.05, 4.69) is 15.3 Å². The standard InChI is InChI=1S/C23H33FN6O4/c24-16-13-25-22(26-14-16)28-9-4-17(5-10-28)34-15-19-18(27-21(31)20-3-1-12-33-20)6-11-30(19)23(32)29-7-2-8-29/h13-14,17-20H,1-12,15H2,(H,27,31)/t18-,19-,20+/m1/s1. The number of rotatable bonds is 6. The Labute approximate surface area is 198 Å². The van der Waals surface area contributed by atoms with Gasteiger partial charge in [0.2, 0.25) is 11.9 Å². The van der Waals surface area contributed by atoms with Gasteiger partial charge in [0.1, 0.15) is 6.10 Å². The zero-order chi connectivity index (χ0) is 23.5. The molecule has 4 fully saturated rings. The molecule has 0 bridgehead atoms. The van der Waals surface area contributed by atoms with Crippen LogP contribution in [0, 0.1) is 5.82 Å². The summed E-state index contributed by atoms with van der Waals surface area (Å²) in [4.78, 5) is 39.6. The lowest BCUT2D eigenvalue weighted by atomic mass is 10.1. The summed E-state index contributed by atoms with van der Waals surface area (Å²) < 4.78 is 24.9. The van der Waals surface area contributed by atoms with Crippen LogP contribution in [0.5, 0.6) is 0 Å². The van der Waals surface area contributed by atoms with E-state index in [0.29, 0.717) is 32.1 Å². The number of likely N-dealkylation sites (tertiary alicyclic amines) is 2. The second kappa shape index (κ2) is 10.4. The van der Waals surface area contributed by atoms with E-state index < -0.39 is 5.82 Å². The van der Waals surface area contributed by atoms with Crippen molar-refractivity contribution in [3.8, 4) is 0 Å². The van der Waals surface area contributed by atoms with Crippen LogP contribution in [-0.4, -0.2) is 102 Å². The molecule has 3 amide bonds. The average molecular weight is 477 g/mol. The number of carbonyl (C=O) groups excluding carboxylic acids is 2. The predicted molar refractivity (Wildman–Crippen MR) is 121 cm³/mol. The monoisotopic (exact) mass is 476 g/mol. The van der Waals surface area contributed by atoms with Crippen LogP contribution in [0.25, 0.3) is 0 Å². The van der Waals surface area contributed by atoms with Gasteiger partial charge in [-0.3, -0.25) is 4.79 Å². The smallest absolute Gasteiger partial charge is 0.320 e. The maximum atomic E-state index is 13.1. The van der Waals surface area contributed by atoms with Gasteiger partial charge in [-0.15, -0.1) is 0 Å². The molecule has 4 aliphatic heterocycles. The van der Waals surface area contributed by atoms with Gasteiger partial charge in [-0.2, -0.15) is 0 Å². The van der Waals surface area contributed by atoms with Gasteiger partial charge in [0.05, 0.1) is 37.2 Å². The zero-order valence-electron chi connectivity index (χ0n) is 19.4. The van der Waals surface area contributed by atoms with Crippen LogP contribution in [0.1, 0.15) is 38.5 Å². The molecule has 0 aromatic carbocycles. The van der Waals surface area contributed by atoms with Crippen molar-refractivity contribution in [2.75, 3.05) is 50.8 Å². The van der Waals surface area contributed by atoms with Gasteiger partial charge < -0.3 is 29.5 Å². The van der Waals surface area contributed by atoms with Crippen LogP contribution in [0.4, 0.5) is 15.1 Å². The third kappa shape index (κ3) is 5.10. The zero-order valence-corrected chi connectivity index (χ0v) is 19.4. The lowest BCUT2D eigenvalue weighted by Gasteiger charge is -2.38. The summed E-state index contributed by atoms with van der Waals surface area (Å²) in [6.07, 6.45) is 7.00. The number of hydrogen-bond acceptors (Lipinski definition) is 7. The highest BCUT2D eigenvalue weighted by Crippen LogP contribution is 2.25. The van der Waals surface area contributed by atoms with Gasteiger partial charge in [-0.05, 0) is 38.5 Å². The third-order valence-corrected chi connectivity index (χ3v) is 7.30. The fraction of sp³-hybridized carbons (Fsp3) is 0.739. The maximum absolute atomic E-state index is 13.1. The summed E-state index contributed by atoms with van der Waals surface area (Å²) in [6.45, 7) is 4.64. The van der Waals surface area contributed by atoms with E-state index in [0.717, 1.165) is 58.3 Å². The Morgan fingerprint density at radius 2 is 1.82 bits per heavy atom. The molecule has 1 aromatic heterocycles. The summed E-state index contributed by atoms with van der Waals surface area (Å²) in [5, 5.41) is 3.14. The van der Waals surface area contributed by atoms with Gasteiger partial charge in [-0.1, -0.05) is 0 Å². The van der Waals surface area contributed by atoms with E-state index in [1.54, 1.807) is 0 Å². The minimum Gasteiger partial charge on any atom is -0.376 e. The van der Waals surface area contributed by atoms with Gasteiger partial charge in [0.15, 0.2) is 5.82 Å². The molecule has 186 valence electrons. The Hall–Kier alpha value is -2.53. The number of carbonyl (C=O) groups is 2. The highest BCUT2D eigenvalue weighted by molar-refractivity contribution is 5.82. The molecule has 5 heterocycles. The normalized spacial score (nSPS) is 27.7. The Morgan fingerprint density at radius 3 is 2.47 bits per heavy atom. The fourth-order valence-electron chi connectivity index (χ4n) is 5.14. The number of halogens is 1. The molecule has 4 aliphatic rings. The molecule has 0 saturated carbocycles. The van der Waals surface area contributed by atoms with E-state index >= 15 is 0 Å². The van der Waals surface area contributed by atoms with Crippen LogP contribution in [0.2, 0.25) is 0 Å². The Kier molecular flexibility index (Phi) is 7.10. The molecule has 1 aromatic rings. The quantitative estimate of drug-likeness (QED) is 0.658. The van der Waals surface area contributed by atoms with Crippen molar-refractivity contribution in [1.29, 1.82) is 0 Å². The topological polar surface area (TPSA) is 100 Å². The minimum atomic E-state index is -0.447. The molecule has 10 nitrogen and oxygen atoms in total. The number of piperidine rings is 1. The molecule has 5 rings (SSSR count). The molecule has 0 aliphatic carbocycles. The Morgan fingerprint density at radius 1 is 1.06 bits per heavy atom. The van der Waals surface area contributed by atoms with Crippen molar-refractivity contribution in [2.24, 2.45) is 0 Å². The largest absolute Gasteiger partial charge is 0.376 e. The summed E-state index contributed by atoms with van der Waals surface area (Å²) in [5.74, 6) is -0.00535. The number of anilines is 1. The predicted octanol–water partition coefficient (Wildman–Crippen LogP) is 1.16. The molecule has 4 saturated heterocycles. The van der Waals surface area contributed by atoms with Gasteiger partial charge in [0, 0.05) is 39.3 Å². The van der Waals surface area contributed by atoms with Crippen LogP contribution >= 0.6 is 0 Å². The number of urea groups is 1. The molecule has 3 atom stereocenters. The number of amides is 3. The first-order valence-electron chi connectivity index (χ1n) is 12.4. The molecule has 0 unspecified atom stereocenters. The first kappa shape index (κ1) is 23.2. The van der Waals surface area contributed by atoms with E-state index in [1.165, 1.54) is 12.4 Å². The van der Waals surface area contributed by atoms with E-state index in [9.17, 15) is 14.0 Å². The molecule has 11 heteroatoms. The molecular formula is C23H33FN6O4. The van der Waals surface area contributed by atoms with Crippen LogP contribution in [0.3, 0.4) is 0 Å². The SMILES string of the molecule is O=C(N[C@@H]1CCN(C(=O)N2CCC2)[C@@H]1COC1CCN(c2ncc(F)cn2)CC1)[C@@H]1CCCO1. The summed E-state index contributed by atoms with van der Waals surface area (Å²) in [7, 11) is 0. The van der Waals surface area contributed by atoms with Gasteiger partial charge in [-0.25, -0.2) is 19.2 Å². The lowest BCUT2D eigenvalue weighted by molar-refractivity contribution is -0.131. The number of ether oxygens (including phenoxy) is 2. The maximum Gasteiger partial charge on any atom is 0.320 e. The Balaban J connectivity index is 1.17. The number of hydrogen-bond donors (Lipinski definition) is 1. The average Bonchev–Trinajstić information content (AvgIpc) is 3.48. The van der Waals surface area contributed by atoms with Crippen molar-refractivity contribution in [1.82, 2.24) is 25.1 Å². The molecule has 1 N–H and O–H groups in total. The first-order valence-corrected chi connectivity index (χ1v) is 12.4. The van der Waals surface area contributed by atoms with Gasteiger partial charge >= 0.3 is 6.03 Å². The summed E-state index contributed by atoms with van der Waals surface area (Å²) >= 11 is 0. The second-order valence-corrected chi connectivity index (χ2v) is 9.51. The number of aromatic nitrogens is 2. The minimum absolute atomic E-state index is 0.0389. The highest BCUT2D eigenvalue weighted by atomic mass is 19.1. The van der Waals surface area contributed by atoms with Gasteiger partial charge in [0.25, 0.3) is 0 Å². The third-order valence-electron chi connectivity index (χ3n) is 7.30. The van der Waals surface area contributed by atoms with Crippen molar-refractivity contribution in [3.05, 3.63) is 18.2 Å². The summed E-state index contributed by atoms with van der Waals surface area (Å²) in [6, 6.07) is -0.302. The molecule has 34 heavy (non-hydrogen) atoms. The first-order chi connectivity index (χ1) is 16.6. The fourth-order valence-corrected chi connectivity index (χ4v) is 5.14.